The first-order valence-electron chi connectivity index (χ1n) is 6.93. The minimum absolute atomic E-state index is 0.206. The first kappa shape index (κ1) is 14.8. The van der Waals surface area contributed by atoms with E-state index in [9.17, 15) is 9.90 Å². The largest absolute Gasteiger partial charge is 0.389 e. The molecule has 0 spiro atoms. The molecule has 0 bridgehead atoms. The molecule has 1 atom stereocenters. The molecule has 3 N–H and O–H groups in total. The molecule has 1 unspecified atom stereocenters. The lowest BCUT2D eigenvalue weighted by atomic mass is 9.93. The molecule has 0 aromatic heterocycles. The molecule has 1 heterocycles. The molecule has 1 aromatic carbocycles. The van der Waals surface area contributed by atoms with Crippen molar-refractivity contribution in [3.63, 3.8) is 0 Å². The lowest BCUT2D eigenvalue weighted by Gasteiger charge is -2.34. The number of hydrogen-bond donors (Lipinski definition) is 3. The van der Waals surface area contributed by atoms with Gasteiger partial charge in [0.05, 0.1) is 6.10 Å². The summed E-state index contributed by atoms with van der Waals surface area (Å²) in [6.45, 7) is 5.10. The van der Waals surface area contributed by atoms with Crippen molar-refractivity contribution < 1.29 is 14.6 Å². The van der Waals surface area contributed by atoms with Crippen LogP contribution in [0, 0.1) is 0 Å². The third-order valence-electron chi connectivity index (χ3n) is 3.66. The molecule has 20 heavy (non-hydrogen) atoms. The zero-order chi connectivity index (χ0) is 14.6. The number of aliphatic hydroxyl groups is 1. The number of carbonyl (C=O) groups is 1. The van der Waals surface area contributed by atoms with E-state index in [4.69, 9.17) is 4.74 Å². The number of benzene rings is 1. The summed E-state index contributed by atoms with van der Waals surface area (Å²) in [4.78, 5) is 12.0. The molecule has 2 rings (SSSR count). The quantitative estimate of drug-likeness (QED) is 0.795. The van der Waals surface area contributed by atoms with Gasteiger partial charge in [0, 0.05) is 24.4 Å². The van der Waals surface area contributed by atoms with E-state index in [2.05, 4.69) is 10.6 Å². The molecule has 0 saturated carbocycles. The molecule has 1 aliphatic heterocycles. The minimum Gasteiger partial charge on any atom is -0.389 e. The summed E-state index contributed by atoms with van der Waals surface area (Å²) in [7, 11) is 0. The molecular weight excluding hydrogens is 256 g/mol. The van der Waals surface area contributed by atoms with Gasteiger partial charge in [0.25, 0.3) is 0 Å². The number of nitrogens with one attached hydrogen (secondary N) is 2. The van der Waals surface area contributed by atoms with Crippen LogP contribution < -0.4 is 10.6 Å². The average Bonchev–Trinajstić information content (AvgIpc) is 2.39. The van der Waals surface area contributed by atoms with Crippen molar-refractivity contribution in [3.8, 4) is 0 Å². The fourth-order valence-corrected chi connectivity index (χ4v) is 2.23. The Kier molecular flexibility index (Phi) is 4.62. The Labute approximate surface area is 119 Å². The summed E-state index contributed by atoms with van der Waals surface area (Å²) in [6, 6.07) is 6.97. The van der Waals surface area contributed by atoms with E-state index < -0.39 is 6.10 Å². The zero-order valence-corrected chi connectivity index (χ0v) is 12.0. The summed E-state index contributed by atoms with van der Waals surface area (Å²) < 4.78 is 5.30. The molecule has 2 amide bonds. The number of hydrogen-bond acceptors (Lipinski definition) is 3. The van der Waals surface area contributed by atoms with Gasteiger partial charge in [0.15, 0.2) is 0 Å². The molecule has 0 radical (unpaired) electrons. The van der Waals surface area contributed by atoms with Crippen LogP contribution in [0.3, 0.4) is 0 Å². The number of urea groups is 1. The smallest absolute Gasteiger partial charge is 0.319 e. The Morgan fingerprint density at radius 1 is 1.30 bits per heavy atom. The number of amides is 2. The summed E-state index contributed by atoms with van der Waals surface area (Å²) in [6.07, 6.45) is 1.14. The van der Waals surface area contributed by atoms with Crippen molar-refractivity contribution in [3.05, 3.63) is 29.8 Å². The highest BCUT2D eigenvalue weighted by molar-refractivity contribution is 5.89. The number of aliphatic hydroxyl groups excluding tert-OH is 1. The average molecular weight is 278 g/mol. The molecule has 1 aliphatic rings. The summed E-state index contributed by atoms with van der Waals surface area (Å²) >= 11 is 0. The molecule has 1 fully saturated rings. The fourth-order valence-electron chi connectivity index (χ4n) is 2.23. The number of rotatable bonds is 3. The Hall–Kier alpha value is -1.59. The van der Waals surface area contributed by atoms with Crippen LogP contribution in [0.5, 0.6) is 0 Å². The maximum absolute atomic E-state index is 12.0. The first-order valence-corrected chi connectivity index (χ1v) is 6.93. The summed E-state index contributed by atoms with van der Waals surface area (Å²) in [5, 5.41) is 15.2. The molecule has 5 nitrogen and oxygen atoms in total. The third-order valence-corrected chi connectivity index (χ3v) is 3.66. The Balaban J connectivity index is 1.90. The van der Waals surface area contributed by atoms with Gasteiger partial charge in [0.1, 0.15) is 0 Å². The second-order valence-electron chi connectivity index (χ2n) is 5.55. The lowest BCUT2D eigenvalue weighted by molar-refractivity contribution is 0.0500. The molecule has 110 valence electrons. The van der Waals surface area contributed by atoms with Crippen LogP contribution in [0.2, 0.25) is 0 Å². The molecular formula is C15H22N2O3. The Morgan fingerprint density at radius 2 is 1.90 bits per heavy atom. The maximum Gasteiger partial charge on any atom is 0.319 e. The SMILES string of the molecule is CC(O)c1ccc(NC(=O)NC2(C)CCOCC2)cc1. The minimum atomic E-state index is -0.501. The number of ether oxygens (including phenoxy) is 1. The van der Waals surface area contributed by atoms with Crippen LogP contribution in [0.25, 0.3) is 0 Å². The standard InChI is InChI=1S/C15H22N2O3/c1-11(18)12-3-5-13(6-4-12)16-14(19)17-15(2)7-9-20-10-8-15/h3-6,11,18H,7-10H2,1-2H3,(H2,16,17,19). The van der Waals surface area contributed by atoms with Crippen molar-refractivity contribution in [2.75, 3.05) is 18.5 Å². The van der Waals surface area contributed by atoms with Gasteiger partial charge < -0.3 is 20.5 Å². The third kappa shape index (κ3) is 3.95. The Bertz CT molecular complexity index is 451. The predicted molar refractivity (Wildman–Crippen MR) is 77.7 cm³/mol. The highest BCUT2D eigenvalue weighted by atomic mass is 16.5. The van der Waals surface area contributed by atoms with Gasteiger partial charge in [-0.3, -0.25) is 0 Å². The fraction of sp³-hybridized carbons (Fsp3) is 0.533. The number of anilines is 1. The van der Waals surface area contributed by atoms with E-state index in [1.165, 1.54) is 0 Å². The van der Waals surface area contributed by atoms with Crippen LogP contribution in [-0.2, 0) is 4.74 Å². The van der Waals surface area contributed by atoms with E-state index in [-0.39, 0.29) is 11.6 Å². The van der Waals surface area contributed by atoms with Gasteiger partial charge >= 0.3 is 6.03 Å². The predicted octanol–water partition coefficient (Wildman–Crippen LogP) is 2.43. The van der Waals surface area contributed by atoms with Crippen LogP contribution in [0.15, 0.2) is 24.3 Å². The summed E-state index contributed by atoms with van der Waals surface area (Å²) in [5.74, 6) is 0. The van der Waals surface area contributed by atoms with Crippen molar-refractivity contribution >= 4 is 11.7 Å². The molecule has 1 saturated heterocycles. The van der Waals surface area contributed by atoms with E-state index in [1.54, 1.807) is 31.2 Å². The van der Waals surface area contributed by atoms with Crippen molar-refractivity contribution in [2.24, 2.45) is 0 Å². The second kappa shape index (κ2) is 6.24. The normalized spacial score (nSPS) is 19.1. The van der Waals surface area contributed by atoms with Crippen molar-refractivity contribution in [1.82, 2.24) is 5.32 Å². The first-order chi connectivity index (χ1) is 9.48. The zero-order valence-electron chi connectivity index (χ0n) is 12.0. The maximum atomic E-state index is 12.0. The Morgan fingerprint density at radius 3 is 2.45 bits per heavy atom. The van der Waals surface area contributed by atoms with E-state index in [1.807, 2.05) is 6.92 Å². The van der Waals surface area contributed by atoms with E-state index in [0.717, 1.165) is 18.4 Å². The van der Waals surface area contributed by atoms with Gasteiger partial charge in [0.2, 0.25) is 0 Å². The number of carbonyl (C=O) groups excluding carboxylic acids is 1. The van der Waals surface area contributed by atoms with Gasteiger partial charge in [-0.25, -0.2) is 4.79 Å². The van der Waals surface area contributed by atoms with Gasteiger partial charge in [-0.15, -0.1) is 0 Å². The van der Waals surface area contributed by atoms with Gasteiger partial charge in [-0.1, -0.05) is 12.1 Å². The highest BCUT2D eigenvalue weighted by Gasteiger charge is 2.28. The van der Waals surface area contributed by atoms with Crippen LogP contribution >= 0.6 is 0 Å². The monoisotopic (exact) mass is 278 g/mol. The van der Waals surface area contributed by atoms with Crippen LogP contribution in [0.1, 0.15) is 38.4 Å². The second-order valence-corrected chi connectivity index (χ2v) is 5.55. The van der Waals surface area contributed by atoms with Crippen LogP contribution in [-0.4, -0.2) is 29.9 Å². The molecule has 0 aliphatic carbocycles. The lowest BCUT2D eigenvalue weighted by Crippen LogP contribution is -2.51. The van der Waals surface area contributed by atoms with Gasteiger partial charge in [-0.2, -0.15) is 0 Å². The summed E-state index contributed by atoms with van der Waals surface area (Å²) in [5.41, 5.74) is 1.33. The van der Waals surface area contributed by atoms with Crippen LogP contribution in [0.4, 0.5) is 10.5 Å². The molecule has 1 aromatic rings. The van der Waals surface area contributed by atoms with E-state index in [0.29, 0.717) is 18.9 Å². The van der Waals surface area contributed by atoms with Crippen molar-refractivity contribution in [1.29, 1.82) is 0 Å². The topological polar surface area (TPSA) is 70.6 Å². The van der Waals surface area contributed by atoms with E-state index >= 15 is 0 Å². The van der Waals surface area contributed by atoms with Crippen molar-refractivity contribution in [2.45, 2.75) is 38.3 Å². The van der Waals surface area contributed by atoms with Gasteiger partial charge in [-0.05, 0) is 44.4 Å². The molecule has 5 heteroatoms. The highest BCUT2D eigenvalue weighted by Crippen LogP contribution is 2.20.